The van der Waals surface area contributed by atoms with Gasteiger partial charge in [-0.3, -0.25) is 4.79 Å². The van der Waals surface area contributed by atoms with Crippen molar-refractivity contribution < 1.29 is 18.7 Å². The first-order valence-corrected chi connectivity index (χ1v) is 10.3. The third kappa shape index (κ3) is 5.35. The van der Waals surface area contributed by atoms with Gasteiger partial charge in [-0.2, -0.15) is 0 Å². The molecule has 0 aliphatic carbocycles. The number of rotatable bonds is 8. The number of anilines is 1. The molecule has 0 unspecified atom stereocenters. The summed E-state index contributed by atoms with van der Waals surface area (Å²) in [5.74, 6) is 3.06. The Kier molecular flexibility index (Phi) is 6.51. The van der Waals surface area contributed by atoms with E-state index in [0.29, 0.717) is 41.0 Å². The van der Waals surface area contributed by atoms with E-state index < -0.39 is 0 Å². The zero-order chi connectivity index (χ0) is 22.3. The van der Waals surface area contributed by atoms with Gasteiger partial charge in [-0.15, -0.1) is 0 Å². The number of nitrogens with one attached hydrogen (secondary N) is 1. The van der Waals surface area contributed by atoms with Gasteiger partial charge in [0.2, 0.25) is 5.91 Å². The van der Waals surface area contributed by atoms with E-state index in [4.69, 9.17) is 13.9 Å². The predicted octanol–water partition coefficient (Wildman–Crippen LogP) is 6.02. The molecule has 0 bridgehead atoms. The molecule has 4 rings (SSSR count). The van der Waals surface area contributed by atoms with Crippen LogP contribution in [0, 0.1) is 6.92 Å². The molecule has 0 spiro atoms. The fraction of sp³-hybridized carbons (Fsp3) is 0.154. The molecule has 32 heavy (non-hydrogen) atoms. The summed E-state index contributed by atoms with van der Waals surface area (Å²) in [4.78, 5) is 16.6. The van der Waals surface area contributed by atoms with E-state index in [9.17, 15) is 4.79 Å². The van der Waals surface area contributed by atoms with Crippen molar-refractivity contribution in [3.8, 4) is 28.6 Å². The van der Waals surface area contributed by atoms with E-state index in [1.165, 1.54) is 5.56 Å². The molecule has 0 radical (unpaired) electrons. The van der Waals surface area contributed by atoms with Crippen LogP contribution in [0.4, 0.5) is 5.69 Å². The van der Waals surface area contributed by atoms with Crippen LogP contribution in [0.1, 0.15) is 17.9 Å². The molecule has 1 aromatic heterocycles. The SMILES string of the molecule is COc1ccccc1Oc1ccc(NC(=O)CCc2ncc(-c3ccc(C)cc3)o2)cc1. The Balaban J connectivity index is 1.29. The second kappa shape index (κ2) is 9.83. The van der Waals surface area contributed by atoms with Crippen molar-refractivity contribution in [3.63, 3.8) is 0 Å². The molecule has 0 saturated carbocycles. The van der Waals surface area contributed by atoms with Crippen LogP contribution in [0.2, 0.25) is 0 Å². The summed E-state index contributed by atoms with van der Waals surface area (Å²) in [7, 11) is 1.60. The van der Waals surface area contributed by atoms with Crippen molar-refractivity contribution >= 4 is 11.6 Å². The van der Waals surface area contributed by atoms with Crippen molar-refractivity contribution in [2.24, 2.45) is 0 Å². The van der Waals surface area contributed by atoms with Crippen LogP contribution in [0.15, 0.2) is 83.4 Å². The quantitative estimate of drug-likeness (QED) is 0.371. The molecular weight excluding hydrogens is 404 g/mol. The number of aromatic nitrogens is 1. The van der Waals surface area contributed by atoms with Gasteiger partial charge in [-0.05, 0) is 43.3 Å². The minimum absolute atomic E-state index is 0.113. The number of oxazole rings is 1. The molecule has 4 aromatic rings. The topological polar surface area (TPSA) is 73.6 Å². The molecule has 1 N–H and O–H groups in total. The minimum Gasteiger partial charge on any atom is -0.493 e. The van der Waals surface area contributed by atoms with E-state index in [-0.39, 0.29) is 12.3 Å². The Morgan fingerprint density at radius 3 is 2.41 bits per heavy atom. The Hall–Kier alpha value is -4.06. The maximum absolute atomic E-state index is 12.3. The number of amides is 1. The van der Waals surface area contributed by atoms with Gasteiger partial charge in [-0.1, -0.05) is 42.0 Å². The molecule has 0 saturated heterocycles. The molecule has 6 nitrogen and oxygen atoms in total. The van der Waals surface area contributed by atoms with Crippen molar-refractivity contribution in [1.82, 2.24) is 4.98 Å². The average Bonchev–Trinajstić information content (AvgIpc) is 3.29. The number of para-hydroxylation sites is 2. The smallest absolute Gasteiger partial charge is 0.224 e. The zero-order valence-electron chi connectivity index (χ0n) is 18.0. The number of carbonyl (C=O) groups excluding carboxylic acids is 1. The maximum Gasteiger partial charge on any atom is 0.224 e. The largest absolute Gasteiger partial charge is 0.493 e. The summed E-state index contributed by atoms with van der Waals surface area (Å²) in [6.07, 6.45) is 2.39. The summed E-state index contributed by atoms with van der Waals surface area (Å²) in [6.45, 7) is 2.04. The van der Waals surface area contributed by atoms with E-state index in [1.807, 2.05) is 55.5 Å². The first-order chi connectivity index (χ1) is 15.6. The predicted molar refractivity (Wildman–Crippen MR) is 123 cm³/mol. The molecule has 1 amide bonds. The Morgan fingerprint density at radius 2 is 1.69 bits per heavy atom. The number of hydrogen-bond acceptors (Lipinski definition) is 5. The van der Waals surface area contributed by atoms with Crippen LogP contribution in [-0.2, 0) is 11.2 Å². The molecule has 162 valence electrons. The fourth-order valence-corrected chi connectivity index (χ4v) is 3.16. The highest BCUT2D eigenvalue weighted by molar-refractivity contribution is 5.90. The first kappa shape index (κ1) is 21.2. The van der Waals surface area contributed by atoms with Crippen molar-refractivity contribution in [2.45, 2.75) is 19.8 Å². The van der Waals surface area contributed by atoms with Crippen molar-refractivity contribution in [1.29, 1.82) is 0 Å². The molecule has 3 aromatic carbocycles. The van der Waals surface area contributed by atoms with Gasteiger partial charge in [0.1, 0.15) is 5.75 Å². The lowest BCUT2D eigenvalue weighted by molar-refractivity contribution is -0.116. The monoisotopic (exact) mass is 428 g/mol. The van der Waals surface area contributed by atoms with Gasteiger partial charge < -0.3 is 19.2 Å². The van der Waals surface area contributed by atoms with Gasteiger partial charge in [-0.25, -0.2) is 4.98 Å². The number of methoxy groups -OCH3 is 1. The van der Waals surface area contributed by atoms with Gasteiger partial charge in [0.15, 0.2) is 23.1 Å². The number of nitrogens with zero attached hydrogens (tertiary/aromatic N) is 1. The molecule has 0 aliphatic heterocycles. The van der Waals surface area contributed by atoms with Crippen molar-refractivity contribution in [3.05, 3.63) is 90.4 Å². The van der Waals surface area contributed by atoms with Crippen LogP contribution in [0.5, 0.6) is 17.2 Å². The van der Waals surface area contributed by atoms with E-state index in [1.54, 1.807) is 37.6 Å². The zero-order valence-corrected chi connectivity index (χ0v) is 18.0. The summed E-state index contributed by atoms with van der Waals surface area (Å²) >= 11 is 0. The highest BCUT2D eigenvalue weighted by Gasteiger charge is 2.10. The molecule has 0 atom stereocenters. The Morgan fingerprint density at radius 1 is 0.969 bits per heavy atom. The summed E-state index contributed by atoms with van der Waals surface area (Å²) in [5, 5.41) is 2.88. The third-order valence-corrected chi connectivity index (χ3v) is 4.89. The molecule has 1 heterocycles. The van der Waals surface area contributed by atoms with Gasteiger partial charge in [0, 0.05) is 24.1 Å². The second-order valence-corrected chi connectivity index (χ2v) is 7.31. The Labute approximate surface area is 186 Å². The number of ether oxygens (including phenoxy) is 2. The lowest BCUT2D eigenvalue weighted by Crippen LogP contribution is -2.12. The van der Waals surface area contributed by atoms with E-state index in [0.717, 1.165) is 5.56 Å². The standard InChI is InChI=1S/C26H24N2O4/c1-18-7-9-19(10-8-18)24-17-27-26(32-24)16-15-25(29)28-20-11-13-21(14-12-20)31-23-6-4-3-5-22(23)30-2/h3-14,17H,15-16H2,1-2H3,(H,28,29). The van der Waals surface area contributed by atoms with Crippen LogP contribution >= 0.6 is 0 Å². The number of benzene rings is 3. The number of carbonyl (C=O) groups is 1. The maximum atomic E-state index is 12.3. The third-order valence-electron chi connectivity index (χ3n) is 4.89. The summed E-state index contributed by atoms with van der Waals surface area (Å²) in [5.41, 5.74) is 2.84. The fourth-order valence-electron chi connectivity index (χ4n) is 3.16. The van der Waals surface area contributed by atoms with Gasteiger partial charge >= 0.3 is 0 Å². The summed E-state index contributed by atoms with van der Waals surface area (Å²) < 4.78 is 16.9. The molecule has 0 aliphatic rings. The van der Waals surface area contributed by atoms with E-state index in [2.05, 4.69) is 10.3 Å². The molecule has 0 fully saturated rings. The van der Waals surface area contributed by atoms with Crippen LogP contribution < -0.4 is 14.8 Å². The second-order valence-electron chi connectivity index (χ2n) is 7.31. The van der Waals surface area contributed by atoms with Gasteiger partial charge in [0.25, 0.3) is 0 Å². The lowest BCUT2D eigenvalue weighted by Gasteiger charge is -2.10. The minimum atomic E-state index is -0.113. The Bertz CT molecular complexity index is 1180. The van der Waals surface area contributed by atoms with Crippen LogP contribution in [0.25, 0.3) is 11.3 Å². The van der Waals surface area contributed by atoms with E-state index >= 15 is 0 Å². The highest BCUT2D eigenvalue weighted by atomic mass is 16.5. The highest BCUT2D eigenvalue weighted by Crippen LogP contribution is 2.31. The lowest BCUT2D eigenvalue weighted by atomic mass is 10.1. The number of aryl methyl sites for hydroxylation is 2. The summed E-state index contributed by atoms with van der Waals surface area (Å²) in [6, 6.07) is 22.6. The van der Waals surface area contributed by atoms with Crippen LogP contribution in [0.3, 0.4) is 0 Å². The first-order valence-electron chi connectivity index (χ1n) is 10.3. The van der Waals surface area contributed by atoms with Crippen molar-refractivity contribution in [2.75, 3.05) is 12.4 Å². The van der Waals surface area contributed by atoms with Crippen LogP contribution in [-0.4, -0.2) is 18.0 Å². The number of hydrogen-bond donors (Lipinski definition) is 1. The average molecular weight is 428 g/mol. The molecule has 6 heteroatoms. The molecular formula is C26H24N2O4. The van der Waals surface area contributed by atoms with Gasteiger partial charge in [0.05, 0.1) is 13.3 Å². The normalized spacial score (nSPS) is 10.6.